The van der Waals surface area contributed by atoms with Gasteiger partial charge in [-0.05, 0) is 37.1 Å². The Morgan fingerprint density at radius 3 is 2.72 bits per heavy atom. The molecule has 1 heterocycles. The van der Waals surface area contributed by atoms with Crippen LogP contribution in [0, 0.1) is 12.0 Å². The van der Waals surface area contributed by atoms with Crippen LogP contribution < -0.4 is 0 Å². The van der Waals surface area contributed by atoms with Gasteiger partial charge in [0.1, 0.15) is 5.69 Å². The lowest BCUT2D eigenvalue weighted by atomic mass is 10.2. The fourth-order valence-electron chi connectivity index (χ4n) is 1.50. The molecule has 0 N–H and O–H groups in total. The molecule has 0 saturated heterocycles. The highest BCUT2D eigenvalue weighted by molar-refractivity contribution is 5.88. The third-order valence-electron chi connectivity index (χ3n) is 2.33. The Labute approximate surface area is 106 Å². The van der Waals surface area contributed by atoms with Crippen LogP contribution in [0.25, 0.3) is 0 Å². The van der Waals surface area contributed by atoms with Gasteiger partial charge >= 0.3 is 5.97 Å². The van der Waals surface area contributed by atoms with E-state index < -0.39 is 0 Å². The number of hydrogen-bond donors (Lipinski definition) is 0. The van der Waals surface area contributed by atoms with Gasteiger partial charge in [-0.15, -0.1) is 0 Å². The summed E-state index contributed by atoms with van der Waals surface area (Å²) in [5.41, 5.74) is 1.35. The lowest BCUT2D eigenvalue weighted by molar-refractivity contribution is 0.0517. The Bertz CT molecular complexity index is 588. The van der Waals surface area contributed by atoms with E-state index in [2.05, 4.69) is 12.0 Å². The quantitative estimate of drug-likeness (QED) is 0.595. The van der Waals surface area contributed by atoms with Gasteiger partial charge in [-0.1, -0.05) is 18.2 Å². The average molecular weight is 239 g/mol. The predicted octanol–water partition coefficient (Wildman–Crippen LogP) is 2.52. The van der Waals surface area contributed by atoms with Crippen LogP contribution in [0.2, 0.25) is 0 Å². The van der Waals surface area contributed by atoms with Crippen molar-refractivity contribution in [2.75, 3.05) is 6.61 Å². The van der Waals surface area contributed by atoms with Crippen LogP contribution >= 0.6 is 0 Å². The minimum absolute atomic E-state index is 0.357. The summed E-state index contributed by atoms with van der Waals surface area (Å²) in [5.74, 6) is 2.63. The monoisotopic (exact) mass is 239 g/mol. The molecule has 2 aromatic rings. The summed E-state index contributed by atoms with van der Waals surface area (Å²) in [6.45, 7) is 2.14. The molecule has 0 radical (unpaired) electrons. The number of hydrogen-bond acceptors (Lipinski definition) is 2. The van der Waals surface area contributed by atoms with Gasteiger partial charge in [-0.2, -0.15) is 0 Å². The first-order chi connectivity index (χ1) is 8.81. The zero-order chi connectivity index (χ0) is 12.8. The van der Waals surface area contributed by atoms with Crippen LogP contribution in [-0.4, -0.2) is 17.1 Å². The second-order valence-electron chi connectivity index (χ2n) is 3.59. The van der Waals surface area contributed by atoms with Gasteiger partial charge in [0.2, 0.25) is 0 Å². The molecule has 2 rings (SSSR count). The summed E-state index contributed by atoms with van der Waals surface area (Å²) in [7, 11) is 0. The van der Waals surface area contributed by atoms with Crippen LogP contribution in [0.5, 0.6) is 0 Å². The lowest BCUT2D eigenvalue weighted by Gasteiger charge is -2.01. The number of rotatable bonds is 2. The third-order valence-corrected chi connectivity index (χ3v) is 2.33. The maximum atomic E-state index is 11.6. The Balaban J connectivity index is 2.23. The summed E-state index contributed by atoms with van der Waals surface area (Å²) < 4.78 is 6.53. The second-order valence-corrected chi connectivity index (χ2v) is 3.59. The van der Waals surface area contributed by atoms with E-state index in [1.807, 2.05) is 30.3 Å². The minimum Gasteiger partial charge on any atom is -0.461 e. The summed E-state index contributed by atoms with van der Waals surface area (Å²) in [5, 5.41) is 0. The number of nitrogens with zero attached hydrogens (tertiary/aromatic N) is 1. The number of carbonyl (C=O) groups excluding carboxylic acids is 1. The van der Waals surface area contributed by atoms with Crippen molar-refractivity contribution in [1.29, 1.82) is 0 Å². The van der Waals surface area contributed by atoms with Crippen LogP contribution in [0.3, 0.4) is 0 Å². The van der Waals surface area contributed by atoms with Crippen LogP contribution in [0.15, 0.2) is 48.7 Å². The molecule has 18 heavy (non-hydrogen) atoms. The van der Waals surface area contributed by atoms with Crippen molar-refractivity contribution in [2.45, 2.75) is 6.92 Å². The van der Waals surface area contributed by atoms with Crippen LogP contribution in [-0.2, 0) is 4.74 Å². The molecule has 90 valence electrons. The fraction of sp³-hybridized carbons (Fsp3) is 0.133. The summed E-state index contributed by atoms with van der Waals surface area (Å²) in [4.78, 5) is 11.6. The first-order valence-electron chi connectivity index (χ1n) is 5.73. The normalized spacial score (nSPS) is 9.39. The van der Waals surface area contributed by atoms with E-state index in [9.17, 15) is 4.79 Å². The van der Waals surface area contributed by atoms with Gasteiger partial charge in [-0.25, -0.2) is 4.79 Å². The van der Waals surface area contributed by atoms with Gasteiger partial charge in [0.05, 0.1) is 6.61 Å². The third kappa shape index (κ3) is 2.80. The molecule has 0 aliphatic heterocycles. The van der Waals surface area contributed by atoms with Crippen molar-refractivity contribution in [2.24, 2.45) is 0 Å². The zero-order valence-electron chi connectivity index (χ0n) is 10.1. The minimum atomic E-state index is -0.357. The van der Waals surface area contributed by atoms with Crippen molar-refractivity contribution in [3.05, 3.63) is 59.9 Å². The van der Waals surface area contributed by atoms with Crippen molar-refractivity contribution in [3.63, 3.8) is 0 Å². The molecule has 0 aliphatic carbocycles. The van der Waals surface area contributed by atoms with Crippen molar-refractivity contribution >= 4 is 5.97 Å². The van der Waals surface area contributed by atoms with Gasteiger partial charge in [-0.3, -0.25) is 4.57 Å². The zero-order valence-corrected chi connectivity index (χ0v) is 10.1. The lowest BCUT2D eigenvalue weighted by Crippen LogP contribution is -2.09. The van der Waals surface area contributed by atoms with E-state index in [1.165, 1.54) is 0 Å². The van der Waals surface area contributed by atoms with E-state index in [-0.39, 0.29) is 5.97 Å². The molecule has 0 aliphatic rings. The molecule has 0 fully saturated rings. The van der Waals surface area contributed by atoms with E-state index in [0.717, 1.165) is 5.56 Å². The molecule has 0 spiro atoms. The van der Waals surface area contributed by atoms with Crippen molar-refractivity contribution in [1.82, 2.24) is 4.57 Å². The van der Waals surface area contributed by atoms with Gasteiger partial charge in [0.15, 0.2) is 0 Å². The number of carbonyl (C=O) groups is 1. The first-order valence-corrected chi connectivity index (χ1v) is 5.73. The Morgan fingerprint density at radius 2 is 2.00 bits per heavy atom. The van der Waals surface area contributed by atoms with Crippen LogP contribution in [0.1, 0.15) is 23.0 Å². The number of ether oxygens (including phenoxy) is 1. The Hall–Kier alpha value is -2.47. The summed E-state index contributed by atoms with van der Waals surface area (Å²) in [6.07, 6.45) is 1.74. The Kier molecular flexibility index (Phi) is 3.83. The molecule has 3 heteroatoms. The number of esters is 1. The molecule has 1 aromatic carbocycles. The maximum absolute atomic E-state index is 11.6. The van der Waals surface area contributed by atoms with E-state index >= 15 is 0 Å². The smallest absolute Gasteiger partial charge is 0.355 e. The molecule has 0 unspecified atom stereocenters. The SMILES string of the molecule is CCOC(=O)c1cccn1C#Cc1ccccc1. The van der Waals surface area contributed by atoms with Crippen molar-refractivity contribution < 1.29 is 9.53 Å². The largest absolute Gasteiger partial charge is 0.461 e. The van der Waals surface area contributed by atoms with E-state index in [1.54, 1.807) is 29.8 Å². The average Bonchev–Trinajstić information content (AvgIpc) is 2.86. The second kappa shape index (κ2) is 5.74. The molecular formula is C15H13NO2. The van der Waals surface area contributed by atoms with Gasteiger partial charge < -0.3 is 4.74 Å². The number of aromatic nitrogens is 1. The Morgan fingerprint density at radius 1 is 1.22 bits per heavy atom. The fourth-order valence-corrected chi connectivity index (χ4v) is 1.50. The van der Waals surface area contributed by atoms with E-state index in [0.29, 0.717) is 12.3 Å². The molecule has 3 nitrogen and oxygen atoms in total. The molecular weight excluding hydrogens is 226 g/mol. The molecule has 1 aromatic heterocycles. The molecule has 0 saturated carbocycles. The van der Waals surface area contributed by atoms with Crippen molar-refractivity contribution in [3.8, 4) is 12.0 Å². The number of benzene rings is 1. The maximum Gasteiger partial charge on any atom is 0.355 e. The van der Waals surface area contributed by atoms with Crippen LogP contribution in [0.4, 0.5) is 0 Å². The summed E-state index contributed by atoms with van der Waals surface area (Å²) >= 11 is 0. The molecule has 0 atom stereocenters. The van der Waals surface area contributed by atoms with Gasteiger partial charge in [0.25, 0.3) is 0 Å². The standard InChI is InChI=1S/C15H13NO2/c1-2-18-15(17)14-9-6-11-16(14)12-10-13-7-4-3-5-8-13/h3-9,11H,2H2,1H3. The molecule has 0 amide bonds. The summed E-state index contributed by atoms with van der Waals surface area (Å²) in [6, 6.07) is 16.0. The topological polar surface area (TPSA) is 31.2 Å². The molecule has 0 bridgehead atoms. The highest BCUT2D eigenvalue weighted by Gasteiger charge is 2.09. The van der Waals surface area contributed by atoms with Gasteiger partial charge in [0, 0.05) is 17.8 Å². The highest BCUT2D eigenvalue weighted by Crippen LogP contribution is 2.03. The predicted molar refractivity (Wildman–Crippen MR) is 69.1 cm³/mol. The highest BCUT2D eigenvalue weighted by atomic mass is 16.5. The first kappa shape index (κ1) is 12.0. The van der Waals surface area contributed by atoms with E-state index in [4.69, 9.17) is 4.74 Å².